The summed E-state index contributed by atoms with van der Waals surface area (Å²) in [5.74, 6) is -0.831. The number of methoxy groups -OCH3 is 1. The summed E-state index contributed by atoms with van der Waals surface area (Å²) in [6, 6.07) is 3.47. The summed E-state index contributed by atoms with van der Waals surface area (Å²) in [6.45, 7) is 3.63. The van der Waals surface area contributed by atoms with E-state index in [4.69, 9.17) is 11.6 Å². The number of carbonyl (C=O) groups is 1. The summed E-state index contributed by atoms with van der Waals surface area (Å²) >= 11 is 9.17. The van der Waals surface area contributed by atoms with Crippen molar-refractivity contribution < 1.29 is 17.9 Å². The Balaban J connectivity index is 3.14. The fourth-order valence-electron chi connectivity index (χ4n) is 1.68. The van der Waals surface area contributed by atoms with Gasteiger partial charge in [0.2, 0.25) is 10.0 Å². The molecule has 0 radical (unpaired) electrons. The van der Waals surface area contributed by atoms with Crippen molar-refractivity contribution in [2.45, 2.75) is 31.2 Å². The average molecular weight is 399 g/mol. The van der Waals surface area contributed by atoms with Crippen LogP contribution in [-0.4, -0.2) is 27.5 Å². The predicted octanol–water partition coefficient (Wildman–Crippen LogP) is 2.97. The number of esters is 1. The van der Waals surface area contributed by atoms with Gasteiger partial charge in [0.1, 0.15) is 10.9 Å². The van der Waals surface area contributed by atoms with E-state index in [9.17, 15) is 13.2 Å². The Bertz CT molecular complexity index is 621. The second kappa shape index (κ2) is 7.58. The maximum Gasteiger partial charge on any atom is 0.324 e. The van der Waals surface area contributed by atoms with Crippen LogP contribution in [0.15, 0.2) is 27.6 Å². The van der Waals surface area contributed by atoms with Crippen molar-refractivity contribution in [3.05, 3.63) is 27.7 Å². The van der Waals surface area contributed by atoms with Crippen molar-refractivity contribution in [1.82, 2.24) is 4.72 Å². The van der Waals surface area contributed by atoms with Gasteiger partial charge in [-0.3, -0.25) is 4.79 Å². The van der Waals surface area contributed by atoms with Crippen molar-refractivity contribution in [1.29, 1.82) is 0 Å². The van der Waals surface area contributed by atoms with Gasteiger partial charge in [0.25, 0.3) is 0 Å². The molecule has 0 bridgehead atoms. The Morgan fingerprint density at radius 2 is 2.10 bits per heavy atom. The molecular formula is C13H17BrClNO4S. The van der Waals surface area contributed by atoms with Gasteiger partial charge < -0.3 is 4.74 Å². The smallest absolute Gasteiger partial charge is 0.324 e. The SMILES string of the molecule is CC[C@@H](C)[C@H](NS(=O)(=O)c1ccc(Br)cc1Cl)C(=O)OC. The number of ether oxygens (including phenoxy) is 1. The lowest BCUT2D eigenvalue weighted by Crippen LogP contribution is -2.45. The molecule has 118 valence electrons. The van der Waals surface area contributed by atoms with E-state index in [1.165, 1.54) is 19.2 Å². The fraction of sp³-hybridized carbons (Fsp3) is 0.462. The van der Waals surface area contributed by atoms with E-state index >= 15 is 0 Å². The molecule has 0 aromatic heterocycles. The van der Waals surface area contributed by atoms with Gasteiger partial charge in [-0.05, 0) is 24.1 Å². The van der Waals surface area contributed by atoms with E-state index in [0.717, 1.165) is 0 Å². The van der Waals surface area contributed by atoms with E-state index in [-0.39, 0.29) is 15.8 Å². The van der Waals surface area contributed by atoms with Crippen LogP contribution >= 0.6 is 27.5 Å². The zero-order valence-corrected chi connectivity index (χ0v) is 15.0. The first-order valence-corrected chi connectivity index (χ1v) is 8.93. The first-order chi connectivity index (χ1) is 9.72. The molecular weight excluding hydrogens is 382 g/mol. The van der Waals surface area contributed by atoms with Crippen molar-refractivity contribution in [3.63, 3.8) is 0 Å². The molecule has 0 spiro atoms. The summed E-state index contributed by atoms with van der Waals surface area (Å²) in [6.07, 6.45) is 0.621. The van der Waals surface area contributed by atoms with Crippen LogP contribution in [0.25, 0.3) is 0 Å². The molecule has 0 aliphatic heterocycles. The van der Waals surface area contributed by atoms with Gasteiger partial charge in [0.05, 0.1) is 12.1 Å². The quantitative estimate of drug-likeness (QED) is 0.748. The highest BCUT2D eigenvalue weighted by Gasteiger charge is 2.31. The molecule has 2 atom stereocenters. The van der Waals surface area contributed by atoms with Crippen LogP contribution in [-0.2, 0) is 19.6 Å². The lowest BCUT2D eigenvalue weighted by Gasteiger charge is -2.22. The number of hydrogen-bond donors (Lipinski definition) is 1. The van der Waals surface area contributed by atoms with Crippen LogP contribution in [0.5, 0.6) is 0 Å². The molecule has 0 unspecified atom stereocenters. The minimum atomic E-state index is -3.92. The molecule has 8 heteroatoms. The second-order valence-electron chi connectivity index (χ2n) is 4.58. The van der Waals surface area contributed by atoms with Crippen molar-refractivity contribution in [3.8, 4) is 0 Å². The van der Waals surface area contributed by atoms with Crippen molar-refractivity contribution >= 4 is 43.5 Å². The van der Waals surface area contributed by atoms with Gasteiger partial charge >= 0.3 is 5.97 Å². The molecule has 5 nitrogen and oxygen atoms in total. The third-order valence-corrected chi connectivity index (χ3v) is 5.55. The number of carbonyl (C=O) groups excluding carboxylic acids is 1. The lowest BCUT2D eigenvalue weighted by atomic mass is 10.0. The number of sulfonamides is 1. The maximum absolute atomic E-state index is 12.4. The Labute approximate surface area is 138 Å². The highest BCUT2D eigenvalue weighted by Crippen LogP contribution is 2.26. The molecule has 1 N–H and O–H groups in total. The Hall–Kier alpha value is -0.630. The molecule has 1 rings (SSSR count). The molecule has 0 amide bonds. The standard InChI is InChI=1S/C13H17BrClNO4S/c1-4-8(2)12(13(17)20-3)16-21(18,19)11-6-5-9(14)7-10(11)15/h5-8,12,16H,4H2,1-3H3/t8-,12+/m1/s1. The largest absolute Gasteiger partial charge is 0.468 e. The van der Waals surface area contributed by atoms with Gasteiger partial charge in [-0.25, -0.2) is 8.42 Å². The summed E-state index contributed by atoms with van der Waals surface area (Å²) in [5, 5.41) is 0.0737. The van der Waals surface area contributed by atoms with E-state index in [0.29, 0.717) is 10.9 Å². The summed E-state index contributed by atoms with van der Waals surface area (Å²) in [5.41, 5.74) is 0. The molecule has 0 fully saturated rings. The average Bonchev–Trinajstić information content (AvgIpc) is 2.42. The van der Waals surface area contributed by atoms with E-state index in [1.54, 1.807) is 13.0 Å². The Kier molecular flexibility index (Phi) is 6.65. The Morgan fingerprint density at radius 3 is 2.57 bits per heavy atom. The molecule has 1 aromatic carbocycles. The van der Waals surface area contributed by atoms with Crippen LogP contribution in [0.1, 0.15) is 20.3 Å². The Morgan fingerprint density at radius 1 is 1.48 bits per heavy atom. The molecule has 0 saturated heterocycles. The number of hydrogen-bond acceptors (Lipinski definition) is 4. The summed E-state index contributed by atoms with van der Waals surface area (Å²) in [7, 11) is -2.70. The normalized spacial score (nSPS) is 14.5. The predicted molar refractivity (Wildman–Crippen MR) is 84.7 cm³/mol. The monoisotopic (exact) mass is 397 g/mol. The maximum atomic E-state index is 12.4. The fourth-order valence-corrected chi connectivity index (χ4v) is 4.01. The summed E-state index contributed by atoms with van der Waals surface area (Å²) in [4.78, 5) is 11.7. The zero-order valence-electron chi connectivity index (χ0n) is 11.9. The van der Waals surface area contributed by atoms with Gasteiger partial charge in [0.15, 0.2) is 0 Å². The highest BCUT2D eigenvalue weighted by atomic mass is 79.9. The van der Waals surface area contributed by atoms with Crippen LogP contribution in [0.3, 0.4) is 0 Å². The first-order valence-electron chi connectivity index (χ1n) is 6.28. The van der Waals surface area contributed by atoms with E-state index in [2.05, 4.69) is 25.4 Å². The number of nitrogens with one attached hydrogen (secondary N) is 1. The topological polar surface area (TPSA) is 72.5 Å². The third kappa shape index (κ3) is 4.67. The zero-order chi connectivity index (χ0) is 16.2. The molecule has 21 heavy (non-hydrogen) atoms. The third-order valence-electron chi connectivity index (χ3n) is 3.13. The minimum Gasteiger partial charge on any atom is -0.468 e. The first kappa shape index (κ1) is 18.4. The number of rotatable bonds is 6. The van der Waals surface area contributed by atoms with Gasteiger partial charge in [0, 0.05) is 4.47 Å². The van der Waals surface area contributed by atoms with E-state index in [1.807, 2.05) is 6.92 Å². The number of halogens is 2. The van der Waals surface area contributed by atoms with Gasteiger partial charge in [-0.15, -0.1) is 0 Å². The minimum absolute atomic E-state index is 0.0737. The van der Waals surface area contributed by atoms with Crippen LogP contribution < -0.4 is 4.72 Å². The molecule has 0 aliphatic carbocycles. The lowest BCUT2D eigenvalue weighted by molar-refractivity contribution is -0.143. The second-order valence-corrected chi connectivity index (χ2v) is 7.59. The molecule has 1 aromatic rings. The molecule has 0 saturated carbocycles. The van der Waals surface area contributed by atoms with Gasteiger partial charge in [-0.1, -0.05) is 47.8 Å². The van der Waals surface area contributed by atoms with Crippen LogP contribution in [0.2, 0.25) is 5.02 Å². The van der Waals surface area contributed by atoms with Crippen LogP contribution in [0, 0.1) is 5.92 Å². The highest BCUT2D eigenvalue weighted by molar-refractivity contribution is 9.10. The summed E-state index contributed by atoms with van der Waals surface area (Å²) < 4.78 is 32.5. The van der Waals surface area contributed by atoms with E-state index < -0.39 is 22.0 Å². The molecule has 0 aliphatic rings. The van der Waals surface area contributed by atoms with Crippen molar-refractivity contribution in [2.75, 3.05) is 7.11 Å². The van der Waals surface area contributed by atoms with Crippen LogP contribution in [0.4, 0.5) is 0 Å². The number of benzene rings is 1. The van der Waals surface area contributed by atoms with Gasteiger partial charge in [-0.2, -0.15) is 4.72 Å². The molecule has 0 heterocycles. The van der Waals surface area contributed by atoms with Crippen molar-refractivity contribution in [2.24, 2.45) is 5.92 Å².